The van der Waals surface area contributed by atoms with Crippen molar-refractivity contribution in [3.05, 3.63) is 65.2 Å². The van der Waals surface area contributed by atoms with Crippen LogP contribution in [0.5, 0.6) is 0 Å². The molecule has 0 bridgehead atoms. The second-order valence-electron chi connectivity index (χ2n) is 7.35. The van der Waals surface area contributed by atoms with Crippen LogP contribution in [0.2, 0.25) is 0 Å². The van der Waals surface area contributed by atoms with E-state index in [1.165, 1.54) is 17.7 Å². The van der Waals surface area contributed by atoms with Crippen LogP contribution in [0.15, 0.2) is 53.4 Å². The summed E-state index contributed by atoms with van der Waals surface area (Å²) in [5.41, 5.74) is 3.17. The monoisotopic (exact) mass is 432 g/mol. The van der Waals surface area contributed by atoms with E-state index in [9.17, 15) is 18.0 Å². The summed E-state index contributed by atoms with van der Waals surface area (Å²) in [6, 6.07) is 14.2. The number of aryl methyl sites for hydroxylation is 1. The molecule has 0 fully saturated rings. The van der Waals surface area contributed by atoms with Crippen molar-refractivity contribution in [3.63, 3.8) is 0 Å². The van der Waals surface area contributed by atoms with Crippen molar-refractivity contribution in [2.75, 3.05) is 13.2 Å². The van der Waals surface area contributed by atoms with E-state index < -0.39 is 16.0 Å². The number of esters is 1. The van der Waals surface area contributed by atoms with Gasteiger partial charge in [-0.2, -0.15) is 0 Å². The summed E-state index contributed by atoms with van der Waals surface area (Å²) in [6.07, 6.45) is 1.16. The Morgan fingerprint density at radius 2 is 1.53 bits per heavy atom. The lowest BCUT2D eigenvalue weighted by atomic mass is 10.0. The number of rotatable bonds is 10. The van der Waals surface area contributed by atoms with E-state index in [4.69, 9.17) is 9.88 Å². The van der Waals surface area contributed by atoms with Crippen LogP contribution in [0.1, 0.15) is 42.9 Å². The number of primary sulfonamides is 1. The van der Waals surface area contributed by atoms with Gasteiger partial charge in [-0.1, -0.05) is 50.2 Å². The Hall–Kier alpha value is -2.71. The van der Waals surface area contributed by atoms with Gasteiger partial charge in [0.2, 0.25) is 10.0 Å². The molecule has 0 aliphatic carbocycles. The number of nitrogens with one attached hydrogen (secondary N) is 1. The van der Waals surface area contributed by atoms with Gasteiger partial charge in [0.1, 0.15) is 0 Å². The number of sulfonamides is 1. The molecular weight excluding hydrogens is 404 g/mol. The topological polar surface area (TPSA) is 116 Å². The molecule has 0 spiro atoms. The third-order valence-corrected chi connectivity index (χ3v) is 5.55. The number of ether oxygens (including phenoxy) is 1. The molecule has 2 aromatic carbocycles. The molecule has 162 valence electrons. The minimum absolute atomic E-state index is 0.0152. The highest BCUT2D eigenvalue weighted by molar-refractivity contribution is 7.89. The van der Waals surface area contributed by atoms with Crippen LogP contribution >= 0.6 is 0 Å². The second-order valence-corrected chi connectivity index (χ2v) is 8.91. The number of benzene rings is 2. The number of hydrogen-bond acceptors (Lipinski definition) is 5. The summed E-state index contributed by atoms with van der Waals surface area (Å²) in [5, 5.41) is 7.77. The summed E-state index contributed by atoms with van der Waals surface area (Å²) in [7, 11) is -3.74. The summed E-state index contributed by atoms with van der Waals surface area (Å²) in [4.78, 5) is 23.7. The van der Waals surface area contributed by atoms with Gasteiger partial charge in [0, 0.05) is 13.0 Å². The fourth-order valence-corrected chi connectivity index (χ4v) is 3.29. The van der Waals surface area contributed by atoms with Crippen molar-refractivity contribution < 1.29 is 22.7 Å². The zero-order chi connectivity index (χ0) is 22.1. The van der Waals surface area contributed by atoms with Crippen LogP contribution in [0, 0.1) is 0 Å². The molecule has 0 aliphatic rings. The lowest BCUT2D eigenvalue weighted by Gasteiger charge is -2.09. The first-order valence-corrected chi connectivity index (χ1v) is 11.3. The van der Waals surface area contributed by atoms with E-state index in [-0.39, 0.29) is 23.8 Å². The van der Waals surface area contributed by atoms with Crippen LogP contribution in [0.3, 0.4) is 0 Å². The molecular formula is C22H28N2O5S. The Morgan fingerprint density at radius 1 is 0.967 bits per heavy atom. The Bertz CT molecular complexity index is 952. The van der Waals surface area contributed by atoms with Crippen LogP contribution in [-0.2, 0) is 37.2 Å². The predicted molar refractivity (Wildman–Crippen MR) is 114 cm³/mol. The van der Waals surface area contributed by atoms with Gasteiger partial charge < -0.3 is 10.1 Å². The van der Waals surface area contributed by atoms with Crippen molar-refractivity contribution in [3.8, 4) is 0 Å². The van der Waals surface area contributed by atoms with Crippen molar-refractivity contribution >= 4 is 21.9 Å². The molecule has 0 saturated carbocycles. The molecule has 0 heterocycles. The normalized spacial score (nSPS) is 11.3. The molecule has 0 saturated heterocycles. The smallest absolute Gasteiger partial charge is 0.306 e. The zero-order valence-corrected chi connectivity index (χ0v) is 18.1. The molecule has 3 N–H and O–H groups in total. The Labute approximate surface area is 177 Å². The highest BCUT2D eigenvalue weighted by Crippen LogP contribution is 2.14. The van der Waals surface area contributed by atoms with Crippen LogP contribution in [0.4, 0.5) is 0 Å². The van der Waals surface area contributed by atoms with Crippen LogP contribution in [0.25, 0.3) is 0 Å². The van der Waals surface area contributed by atoms with E-state index in [2.05, 4.69) is 43.4 Å². The first-order chi connectivity index (χ1) is 14.1. The fraction of sp³-hybridized carbons (Fsp3) is 0.364. The van der Waals surface area contributed by atoms with E-state index in [0.717, 1.165) is 11.1 Å². The number of carbonyl (C=O) groups excluding carboxylic acids is 2. The van der Waals surface area contributed by atoms with Crippen LogP contribution in [-0.4, -0.2) is 33.4 Å². The lowest BCUT2D eigenvalue weighted by molar-refractivity contribution is -0.148. The standard InChI is InChI=1S/C22H28N2O5S/c1-16(2)19-8-3-18(4-9-19)13-14-24-21(25)15-29-22(26)12-7-17-5-10-20(11-6-17)30(23,27)28/h3-6,8-11,16H,7,12-15H2,1-2H3,(H,24,25)(H2,23,27,28). The Kier molecular flexibility index (Phi) is 8.56. The lowest BCUT2D eigenvalue weighted by Crippen LogP contribution is -2.30. The zero-order valence-electron chi connectivity index (χ0n) is 17.3. The van der Waals surface area contributed by atoms with Crippen molar-refractivity contribution in [1.82, 2.24) is 5.32 Å². The molecule has 30 heavy (non-hydrogen) atoms. The summed E-state index contributed by atoms with van der Waals surface area (Å²) >= 11 is 0. The summed E-state index contributed by atoms with van der Waals surface area (Å²) < 4.78 is 27.4. The van der Waals surface area contributed by atoms with E-state index in [1.54, 1.807) is 12.1 Å². The molecule has 8 heteroatoms. The third kappa shape index (κ3) is 7.96. The highest BCUT2D eigenvalue weighted by atomic mass is 32.2. The van der Waals surface area contributed by atoms with Gasteiger partial charge in [-0.15, -0.1) is 0 Å². The van der Waals surface area contributed by atoms with Gasteiger partial charge in [0.25, 0.3) is 5.91 Å². The SMILES string of the molecule is CC(C)c1ccc(CCNC(=O)COC(=O)CCc2ccc(S(N)(=O)=O)cc2)cc1. The van der Waals surface area contributed by atoms with Gasteiger partial charge in [0.05, 0.1) is 4.90 Å². The Balaban J connectivity index is 1.65. The maximum atomic E-state index is 11.8. The van der Waals surface area contributed by atoms with Crippen LogP contribution < -0.4 is 10.5 Å². The largest absolute Gasteiger partial charge is 0.456 e. The minimum atomic E-state index is -3.74. The number of nitrogens with two attached hydrogens (primary N) is 1. The van der Waals surface area contributed by atoms with Gasteiger partial charge in [-0.05, 0) is 47.6 Å². The third-order valence-electron chi connectivity index (χ3n) is 4.62. The number of hydrogen-bond donors (Lipinski definition) is 2. The molecule has 2 aromatic rings. The summed E-state index contributed by atoms with van der Waals surface area (Å²) in [5.74, 6) is -0.362. The molecule has 0 atom stereocenters. The molecule has 2 rings (SSSR count). The molecule has 1 amide bonds. The Morgan fingerprint density at radius 3 is 2.10 bits per heavy atom. The predicted octanol–water partition coefficient (Wildman–Crippen LogP) is 2.29. The molecule has 0 radical (unpaired) electrons. The first-order valence-electron chi connectivity index (χ1n) is 9.78. The minimum Gasteiger partial charge on any atom is -0.456 e. The average molecular weight is 433 g/mol. The highest BCUT2D eigenvalue weighted by Gasteiger charge is 2.10. The molecule has 0 aliphatic heterocycles. The van der Waals surface area contributed by atoms with Gasteiger partial charge in [-0.25, -0.2) is 13.6 Å². The maximum Gasteiger partial charge on any atom is 0.306 e. The average Bonchev–Trinajstić information content (AvgIpc) is 2.70. The van der Waals surface area contributed by atoms with E-state index in [0.29, 0.717) is 25.3 Å². The second kappa shape index (κ2) is 10.9. The molecule has 0 unspecified atom stereocenters. The van der Waals surface area contributed by atoms with Gasteiger partial charge in [-0.3, -0.25) is 9.59 Å². The van der Waals surface area contributed by atoms with Gasteiger partial charge >= 0.3 is 5.97 Å². The maximum absolute atomic E-state index is 11.8. The number of amides is 1. The van der Waals surface area contributed by atoms with E-state index in [1.807, 2.05) is 0 Å². The first kappa shape index (κ1) is 23.6. The molecule has 7 nitrogen and oxygen atoms in total. The number of carbonyl (C=O) groups is 2. The molecule has 0 aromatic heterocycles. The van der Waals surface area contributed by atoms with Crippen molar-refractivity contribution in [1.29, 1.82) is 0 Å². The summed E-state index contributed by atoms with van der Waals surface area (Å²) in [6.45, 7) is 4.42. The van der Waals surface area contributed by atoms with E-state index >= 15 is 0 Å². The van der Waals surface area contributed by atoms with Crippen molar-refractivity contribution in [2.45, 2.75) is 43.9 Å². The quantitative estimate of drug-likeness (QED) is 0.559. The van der Waals surface area contributed by atoms with Crippen molar-refractivity contribution in [2.24, 2.45) is 5.14 Å². The van der Waals surface area contributed by atoms with Gasteiger partial charge in [0.15, 0.2) is 6.61 Å². The fourth-order valence-electron chi connectivity index (χ4n) is 2.78.